The minimum atomic E-state index is -0.241. The lowest BCUT2D eigenvalue weighted by Crippen LogP contribution is -2.54. The Morgan fingerprint density at radius 3 is 2.46 bits per heavy atom. The van der Waals surface area contributed by atoms with Crippen molar-refractivity contribution in [2.75, 3.05) is 12.0 Å². The van der Waals surface area contributed by atoms with Crippen molar-refractivity contribution in [3.8, 4) is 11.5 Å². The average molecular weight is 352 g/mol. The number of rotatable bonds is 2. The number of hydrogen-bond donors (Lipinski definition) is 1. The minimum absolute atomic E-state index is 0.0952. The van der Waals surface area contributed by atoms with Gasteiger partial charge in [0, 0.05) is 23.2 Å². The van der Waals surface area contributed by atoms with Crippen molar-refractivity contribution in [1.29, 1.82) is 0 Å². The number of anilines is 1. The van der Waals surface area contributed by atoms with Gasteiger partial charge < -0.3 is 20.1 Å². The number of nitrogens with two attached hydrogens (primary N) is 1. The largest absolute Gasteiger partial charge is 0.493 e. The third-order valence-electron chi connectivity index (χ3n) is 5.56. The normalized spacial score (nSPS) is 22.4. The third kappa shape index (κ3) is 2.55. The molecule has 0 aromatic heterocycles. The van der Waals surface area contributed by atoms with E-state index < -0.39 is 0 Å². The van der Waals surface area contributed by atoms with Crippen molar-refractivity contribution >= 4 is 5.69 Å². The number of nitrogens with zero attached hydrogens (tertiary/aromatic N) is 1. The first-order valence-corrected chi connectivity index (χ1v) is 9.25. The van der Waals surface area contributed by atoms with Gasteiger partial charge in [-0.3, -0.25) is 0 Å². The number of para-hydroxylation sites is 1. The molecule has 4 nitrogen and oxygen atoms in total. The van der Waals surface area contributed by atoms with E-state index in [1.54, 1.807) is 7.11 Å². The zero-order chi connectivity index (χ0) is 18.7. The zero-order valence-electron chi connectivity index (χ0n) is 16.3. The van der Waals surface area contributed by atoms with Gasteiger partial charge in [0.15, 0.2) is 11.5 Å². The fraction of sp³-hybridized carbons (Fsp3) is 0.455. The molecule has 0 radical (unpaired) electrons. The lowest BCUT2D eigenvalue weighted by atomic mass is 9.80. The Balaban J connectivity index is 1.90. The summed E-state index contributed by atoms with van der Waals surface area (Å²) >= 11 is 0. The van der Waals surface area contributed by atoms with Crippen LogP contribution in [0.2, 0.25) is 0 Å². The highest BCUT2D eigenvalue weighted by Gasteiger charge is 2.44. The van der Waals surface area contributed by atoms with E-state index in [9.17, 15) is 0 Å². The second-order valence-corrected chi connectivity index (χ2v) is 8.64. The summed E-state index contributed by atoms with van der Waals surface area (Å²) in [5, 5.41) is 0. The van der Waals surface area contributed by atoms with Gasteiger partial charge in [-0.25, -0.2) is 0 Å². The van der Waals surface area contributed by atoms with Crippen molar-refractivity contribution in [2.45, 2.75) is 57.8 Å². The third-order valence-corrected chi connectivity index (χ3v) is 5.56. The van der Waals surface area contributed by atoms with Crippen LogP contribution >= 0.6 is 0 Å². The Kier molecular flexibility index (Phi) is 3.74. The second-order valence-electron chi connectivity index (χ2n) is 8.64. The van der Waals surface area contributed by atoms with E-state index in [0.29, 0.717) is 0 Å². The van der Waals surface area contributed by atoms with Crippen molar-refractivity contribution in [3.05, 3.63) is 53.1 Å². The van der Waals surface area contributed by atoms with E-state index in [0.717, 1.165) is 30.0 Å². The average Bonchev–Trinajstić information content (AvgIpc) is 2.88. The molecule has 26 heavy (non-hydrogen) atoms. The molecule has 0 bridgehead atoms. The van der Waals surface area contributed by atoms with Crippen LogP contribution in [-0.4, -0.2) is 18.2 Å². The summed E-state index contributed by atoms with van der Waals surface area (Å²) in [5.41, 5.74) is 11.4. The van der Waals surface area contributed by atoms with Crippen LogP contribution in [0.3, 0.4) is 0 Å². The maximum absolute atomic E-state index is 6.88. The van der Waals surface area contributed by atoms with Gasteiger partial charge in [0.2, 0.25) is 0 Å². The highest BCUT2D eigenvalue weighted by atomic mass is 16.5. The smallest absolute Gasteiger partial charge is 0.165 e. The predicted molar refractivity (Wildman–Crippen MR) is 105 cm³/mol. The molecule has 2 aromatic carbocycles. The predicted octanol–water partition coefficient (Wildman–Crippen LogP) is 4.21. The molecule has 0 fully saturated rings. The fourth-order valence-electron chi connectivity index (χ4n) is 4.61. The summed E-state index contributed by atoms with van der Waals surface area (Å²) in [6, 6.07) is 12.6. The van der Waals surface area contributed by atoms with Crippen LogP contribution in [0.5, 0.6) is 11.5 Å². The van der Waals surface area contributed by atoms with E-state index in [2.05, 4.69) is 62.9 Å². The van der Waals surface area contributed by atoms with Crippen molar-refractivity contribution in [3.63, 3.8) is 0 Å². The molecule has 0 saturated heterocycles. The van der Waals surface area contributed by atoms with Crippen LogP contribution in [0, 0.1) is 0 Å². The summed E-state index contributed by atoms with van der Waals surface area (Å²) < 4.78 is 11.9. The molecule has 138 valence electrons. The molecule has 2 N–H and O–H groups in total. The van der Waals surface area contributed by atoms with Crippen molar-refractivity contribution in [1.82, 2.24) is 0 Å². The Morgan fingerprint density at radius 1 is 1.12 bits per heavy atom. The van der Waals surface area contributed by atoms with Crippen LogP contribution in [0.1, 0.15) is 50.6 Å². The number of fused-ring (bicyclic) bond motifs is 3. The monoisotopic (exact) mass is 352 g/mol. The van der Waals surface area contributed by atoms with E-state index in [1.165, 1.54) is 16.7 Å². The lowest BCUT2D eigenvalue weighted by molar-refractivity contribution is 0.134. The summed E-state index contributed by atoms with van der Waals surface area (Å²) in [6.07, 6.45) is 1.54. The Hall–Kier alpha value is -2.20. The molecule has 4 heteroatoms. The summed E-state index contributed by atoms with van der Waals surface area (Å²) in [5.74, 6) is 1.68. The first-order valence-electron chi connectivity index (χ1n) is 9.25. The van der Waals surface area contributed by atoms with Gasteiger partial charge in [0.1, 0.15) is 11.8 Å². The molecule has 2 aliphatic heterocycles. The topological polar surface area (TPSA) is 47.7 Å². The first kappa shape index (κ1) is 17.2. The van der Waals surface area contributed by atoms with Crippen LogP contribution in [-0.2, 0) is 12.8 Å². The molecule has 0 aliphatic carbocycles. The van der Waals surface area contributed by atoms with E-state index >= 15 is 0 Å². The zero-order valence-corrected chi connectivity index (χ0v) is 16.3. The van der Waals surface area contributed by atoms with Crippen LogP contribution in [0.4, 0.5) is 5.69 Å². The molecule has 4 rings (SSSR count). The van der Waals surface area contributed by atoms with Crippen molar-refractivity contribution < 1.29 is 9.47 Å². The Labute approximate surface area is 155 Å². The SMILES string of the molecule is COc1cc2c(c3c1OC(C)(C)C3)C(N)N(c1ccccc1)C(C)(C)C2. The molecule has 0 saturated carbocycles. The molecule has 0 amide bonds. The van der Waals surface area contributed by atoms with E-state index in [1.807, 2.05) is 6.07 Å². The molecule has 2 aliphatic rings. The van der Waals surface area contributed by atoms with Crippen LogP contribution in [0.25, 0.3) is 0 Å². The maximum atomic E-state index is 6.88. The molecule has 0 spiro atoms. The number of hydrogen-bond acceptors (Lipinski definition) is 4. The van der Waals surface area contributed by atoms with Gasteiger partial charge in [-0.05, 0) is 63.4 Å². The van der Waals surface area contributed by atoms with Gasteiger partial charge in [0.05, 0.1) is 7.11 Å². The maximum Gasteiger partial charge on any atom is 0.165 e. The minimum Gasteiger partial charge on any atom is -0.493 e. The summed E-state index contributed by atoms with van der Waals surface area (Å²) in [7, 11) is 1.71. The first-order chi connectivity index (χ1) is 12.2. The van der Waals surface area contributed by atoms with E-state index in [-0.39, 0.29) is 17.3 Å². The van der Waals surface area contributed by atoms with Gasteiger partial charge in [-0.1, -0.05) is 18.2 Å². The van der Waals surface area contributed by atoms with Crippen molar-refractivity contribution in [2.24, 2.45) is 5.73 Å². The number of methoxy groups -OCH3 is 1. The molecule has 2 heterocycles. The summed E-state index contributed by atoms with van der Waals surface area (Å²) in [6.45, 7) is 8.74. The fourth-order valence-corrected chi connectivity index (χ4v) is 4.61. The molecule has 1 atom stereocenters. The Morgan fingerprint density at radius 2 is 1.81 bits per heavy atom. The van der Waals surface area contributed by atoms with Crippen LogP contribution in [0.15, 0.2) is 36.4 Å². The summed E-state index contributed by atoms with van der Waals surface area (Å²) in [4.78, 5) is 2.34. The highest BCUT2D eigenvalue weighted by Crippen LogP contribution is 2.50. The van der Waals surface area contributed by atoms with Crippen LogP contribution < -0.4 is 20.1 Å². The van der Waals surface area contributed by atoms with Gasteiger partial charge in [-0.2, -0.15) is 0 Å². The van der Waals surface area contributed by atoms with Gasteiger partial charge in [0.25, 0.3) is 0 Å². The van der Waals surface area contributed by atoms with E-state index in [4.69, 9.17) is 15.2 Å². The van der Waals surface area contributed by atoms with Gasteiger partial charge >= 0.3 is 0 Å². The second kappa shape index (κ2) is 5.65. The quantitative estimate of drug-likeness (QED) is 0.880. The standard InChI is InChI=1S/C22H28N2O2/c1-21(2)12-14-11-17(25-5)19-16(13-22(3,4)26-19)18(14)20(23)24(21)15-9-7-6-8-10-15/h6-11,20H,12-13,23H2,1-5H3. The lowest BCUT2D eigenvalue weighted by Gasteiger charge is -2.49. The van der Waals surface area contributed by atoms with Gasteiger partial charge in [-0.15, -0.1) is 0 Å². The molecular formula is C22H28N2O2. The number of ether oxygens (including phenoxy) is 2. The Bertz CT molecular complexity index is 843. The molecule has 2 aromatic rings. The molecular weight excluding hydrogens is 324 g/mol. The highest BCUT2D eigenvalue weighted by molar-refractivity contribution is 5.63. The molecule has 1 unspecified atom stereocenters. The number of benzene rings is 2.